The van der Waals surface area contributed by atoms with Crippen LogP contribution in [0.25, 0.3) is 0 Å². The van der Waals surface area contributed by atoms with Crippen molar-refractivity contribution in [3.63, 3.8) is 0 Å². The predicted octanol–water partition coefficient (Wildman–Crippen LogP) is 2.08. The smallest absolute Gasteiger partial charge is 0.238 e. The summed E-state index contributed by atoms with van der Waals surface area (Å²) >= 11 is 0. The van der Waals surface area contributed by atoms with E-state index in [0.29, 0.717) is 11.8 Å². The standard InChI is InChI=1S/C22H24N2O3/c25-21-19-15-5-6-16(18-11-17(15)18)20(19)22(26)24(21)14-3-1-13(2-4-14)12-23-7-9-27-10-8-23/h1-6,15-20H,7-12H2/t15-,16-,17-,18+,19+,20+/m1/s1. The highest BCUT2D eigenvalue weighted by Gasteiger charge is 2.67. The Hall–Kier alpha value is -1.98. The molecule has 2 bridgehead atoms. The number of nitrogens with zero attached hydrogens (tertiary/aromatic N) is 2. The summed E-state index contributed by atoms with van der Waals surface area (Å²) in [6.07, 6.45) is 5.65. The molecule has 4 aliphatic carbocycles. The summed E-state index contributed by atoms with van der Waals surface area (Å²) in [5, 5.41) is 0. The van der Waals surface area contributed by atoms with Gasteiger partial charge >= 0.3 is 0 Å². The van der Waals surface area contributed by atoms with Crippen molar-refractivity contribution in [2.75, 3.05) is 31.2 Å². The number of amides is 2. The third-order valence-electron chi connectivity index (χ3n) is 7.37. The Morgan fingerprint density at radius 3 is 2.07 bits per heavy atom. The van der Waals surface area contributed by atoms with Crippen molar-refractivity contribution < 1.29 is 14.3 Å². The number of morpholine rings is 1. The second-order valence-electron chi connectivity index (χ2n) is 8.72. The summed E-state index contributed by atoms with van der Waals surface area (Å²) in [4.78, 5) is 30.2. The maximum absolute atomic E-state index is 13.2. The SMILES string of the molecule is O=C1[C@H]2[C@@H]3C=C[C@H]([C@@H]4C[C@H]34)[C@@H]2C(=O)N1c1ccc(CN2CCOCC2)cc1. The number of ether oxygens (including phenoxy) is 1. The number of hydrogen-bond donors (Lipinski definition) is 0. The minimum absolute atomic E-state index is 0.0237. The molecule has 140 valence electrons. The Bertz CT molecular complexity index is 790. The largest absolute Gasteiger partial charge is 0.379 e. The van der Waals surface area contributed by atoms with E-state index in [9.17, 15) is 9.59 Å². The maximum Gasteiger partial charge on any atom is 0.238 e. The second-order valence-corrected chi connectivity index (χ2v) is 8.72. The Morgan fingerprint density at radius 1 is 0.889 bits per heavy atom. The highest BCUT2D eigenvalue weighted by molar-refractivity contribution is 6.22. The monoisotopic (exact) mass is 364 g/mol. The lowest BCUT2D eigenvalue weighted by atomic mass is 9.63. The molecule has 5 nitrogen and oxygen atoms in total. The zero-order chi connectivity index (χ0) is 18.1. The maximum atomic E-state index is 13.2. The molecule has 4 fully saturated rings. The summed E-state index contributed by atoms with van der Waals surface area (Å²) in [6, 6.07) is 7.99. The van der Waals surface area contributed by atoms with Crippen molar-refractivity contribution >= 4 is 17.5 Å². The van der Waals surface area contributed by atoms with E-state index in [0.717, 1.165) is 38.5 Å². The molecule has 2 amide bonds. The van der Waals surface area contributed by atoms with E-state index in [1.54, 1.807) is 0 Å². The summed E-state index contributed by atoms with van der Waals surface area (Å²) < 4.78 is 5.40. The van der Waals surface area contributed by atoms with Crippen LogP contribution in [0.2, 0.25) is 0 Å². The van der Waals surface area contributed by atoms with Gasteiger partial charge in [-0.1, -0.05) is 24.3 Å². The van der Waals surface area contributed by atoms with Crippen LogP contribution in [0.3, 0.4) is 0 Å². The molecular weight excluding hydrogens is 340 g/mol. The fourth-order valence-electron chi connectivity index (χ4n) is 5.98. The minimum Gasteiger partial charge on any atom is -0.379 e. The highest BCUT2D eigenvalue weighted by Crippen LogP contribution is 2.65. The Morgan fingerprint density at radius 2 is 1.48 bits per heavy atom. The average Bonchev–Trinajstić information content (AvgIpc) is 3.48. The number of benzene rings is 1. The lowest BCUT2D eigenvalue weighted by molar-refractivity contribution is -0.124. The molecule has 27 heavy (non-hydrogen) atoms. The molecule has 0 N–H and O–H groups in total. The molecule has 6 atom stereocenters. The number of anilines is 1. The van der Waals surface area contributed by atoms with Gasteiger partial charge in [-0.2, -0.15) is 0 Å². The van der Waals surface area contributed by atoms with Crippen molar-refractivity contribution in [1.29, 1.82) is 0 Å². The van der Waals surface area contributed by atoms with Crippen molar-refractivity contribution in [1.82, 2.24) is 4.90 Å². The molecule has 0 spiro atoms. The molecule has 0 aromatic heterocycles. The van der Waals surface area contributed by atoms with Crippen molar-refractivity contribution in [3.05, 3.63) is 42.0 Å². The van der Waals surface area contributed by atoms with Crippen LogP contribution in [0.5, 0.6) is 0 Å². The van der Waals surface area contributed by atoms with E-state index in [1.165, 1.54) is 16.9 Å². The lowest BCUT2D eigenvalue weighted by Gasteiger charge is -2.37. The van der Waals surface area contributed by atoms with Gasteiger partial charge in [0.25, 0.3) is 0 Å². The number of rotatable bonds is 3. The van der Waals surface area contributed by atoms with Gasteiger partial charge in [0.2, 0.25) is 11.8 Å². The number of allylic oxidation sites excluding steroid dienone is 2. The summed E-state index contributed by atoms with van der Waals surface area (Å²) in [6.45, 7) is 4.36. The van der Waals surface area contributed by atoms with E-state index in [1.807, 2.05) is 12.1 Å². The van der Waals surface area contributed by atoms with Crippen molar-refractivity contribution in [3.8, 4) is 0 Å². The third kappa shape index (κ3) is 2.31. The van der Waals surface area contributed by atoms with E-state index in [4.69, 9.17) is 4.74 Å². The Balaban J connectivity index is 1.23. The van der Waals surface area contributed by atoms with E-state index >= 15 is 0 Å². The Kier molecular flexibility index (Phi) is 3.42. The molecule has 2 aliphatic heterocycles. The van der Waals surface area contributed by atoms with Crippen LogP contribution in [0.15, 0.2) is 36.4 Å². The molecular formula is C22H24N2O3. The molecule has 7 rings (SSSR count). The first-order valence-electron chi connectivity index (χ1n) is 10.2. The van der Waals surface area contributed by atoms with Gasteiger partial charge in [-0.25, -0.2) is 0 Å². The van der Waals surface area contributed by atoms with Crippen molar-refractivity contribution in [2.24, 2.45) is 35.5 Å². The molecule has 6 aliphatic rings. The Labute approximate surface area is 159 Å². The normalized spacial score (nSPS) is 39.6. The van der Waals surface area contributed by atoms with Crippen LogP contribution in [0, 0.1) is 35.5 Å². The number of hydrogen-bond acceptors (Lipinski definition) is 4. The zero-order valence-electron chi connectivity index (χ0n) is 15.3. The number of imide groups is 1. The van der Waals surface area contributed by atoms with Crippen LogP contribution in [-0.2, 0) is 20.9 Å². The molecule has 2 saturated carbocycles. The van der Waals surface area contributed by atoms with Gasteiger partial charge in [-0.15, -0.1) is 0 Å². The minimum atomic E-state index is -0.121. The zero-order valence-corrected chi connectivity index (χ0v) is 15.3. The van der Waals surface area contributed by atoms with Crippen LogP contribution < -0.4 is 4.90 Å². The van der Waals surface area contributed by atoms with Gasteiger partial charge in [0.15, 0.2) is 0 Å². The topological polar surface area (TPSA) is 49.9 Å². The van der Waals surface area contributed by atoms with Gasteiger partial charge in [0.05, 0.1) is 30.7 Å². The quantitative estimate of drug-likeness (QED) is 0.609. The molecule has 0 radical (unpaired) electrons. The molecule has 0 unspecified atom stereocenters. The van der Waals surface area contributed by atoms with Crippen LogP contribution in [0.4, 0.5) is 5.69 Å². The van der Waals surface area contributed by atoms with E-state index in [2.05, 4.69) is 29.2 Å². The van der Waals surface area contributed by atoms with Crippen LogP contribution in [-0.4, -0.2) is 43.0 Å². The van der Waals surface area contributed by atoms with Crippen LogP contribution >= 0.6 is 0 Å². The molecule has 1 aromatic rings. The van der Waals surface area contributed by atoms with Gasteiger partial charge in [0.1, 0.15) is 0 Å². The molecule has 2 saturated heterocycles. The lowest BCUT2D eigenvalue weighted by Crippen LogP contribution is -2.40. The second kappa shape index (κ2) is 5.76. The molecule has 1 aromatic carbocycles. The number of carbonyl (C=O) groups is 2. The van der Waals surface area contributed by atoms with Crippen molar-refractivity contribution in [2.45, 2.75) is 13.0 Å². The molecule has 2 heterocycles. The summed E-state index contributed by atoms with van der Waals surface area (Å²) in [5.74, 6) is 1.67. The third-order valence-corrected chi connectivity index (χ3v) is 7.37. The first-order chi connectivity index (χ1) is 13.2. The van der Waals surface area contributed by atoms with Crippen LogP contribution in [0.1, 0.15) is 12.0 Å². The number of carbonyl (C=O) groups excluding carboxylic acids is 2. The molecule has 5 heteroatoms. The predicted molar refractivity (Wildman–Crippen MR) is 99.7 cm³/mol. The first-order valence-corrected chi connectivity index (χ1v) is 10.2. The summed E-state index contributed by atoms with van der Waals surface area (Å²) in [7, 11) is 0. The first kappa shape index (κ1) is 16.0. The fourth-order valence-corrected chi connectivity index (χ4v) is 5.98. The highest BCUT2D eigenvalue weighted by atomic mass is 16.5. The van der Waals surface area contributed by atoms with Gasteiger partial charge in [0, 0.05) is 19.6 Å². The van der Waals surface area contributed by atoms with Gasteiger partial charge < -0.3 is 4.74 Å². The van der Waals surface area contributed by atoms with Gasteiger partial charge in [-0.3, -0.25) is 19.4 Å². The van der Waals surface area contributed by atoms with E-state index < -0.39 is 0 Å². The summed E-state index contributed by atoms with van der Waals surface area (Å²) in [5.41, 5.74) is 1.94. The fraction of sp³-hybridized carbons (Fsp3) is 0.545. The van der Waals surface area contributed by atoms with E-state index in [-0.39, 0.29) is 35.5 Å². The average molecular weight is 364 g/mol. The van der Waals surface area contributed by atoms with Gasteiger partial charge in [-0.05, 0) is 47.8 Å².